The van der Waals surface area contributed by atoms with E-state index in [1.54, 1.807) is 0 Å². The summed E-state index contributed by atoms with van der Waals surface area (Å²) in [7, 11) is 0. The molecule has 0 fully saturated rings. The zero-order chi connectivity index (χ0) is 9.23. The molecule has 0 rings (SSSR count). The van der Waals surface area contributed by atoms with Gasteiger partial charge in [0.15, 0.2) is 0 Å². The Balaban J connectivity index is 3.00. The molecule has 0 aromatic carbocycles. The van der Waals surface area contributed by atoms with E-state index < -0.39 is 0 Å². The van der Waals surface area contributed by atoms with Crippen molar-refractivity contribution in [3.8, 4) is 0 Å². The Bertz CT molecular complexity index is 119. The summed E-state index contributed by atoms with van der Waals surface area (Å²) in [6.07, 6.45) is 9.41. The molecule has 0 aromatic rings. The van der Waals surface area contributed by atoms with Crippen LogP contribution in [0.5, 0.6) is 0 Å². The van der Waals surface area contributed by atoms with E-state index in [1.807, 2.05) is 4.99 Å². The lowest BCUT2D eigenvalue weighted by Crippen LogP contribution is -1.79. The van der Waals surface area contributed by atoms with Crippen molar-refractivity contribution < 1.29 is 0 Å². The van der Waals surface area contributed by atoms with E-state index in [1.165, 1.54) is 49.4 Å². The van der Waals surface area contributed by atoms with Crippen LogP contribution >= 0.6 is 31.9 Å². The van der Waals surface area contributed by atoms with Gasteiger partial charge < -0.3 is 0 Å². The van der Waals surface area contributed by atoms with E-state index in [9.17, 15) is 0 Å². The molecule has 0 N–H and O–H groups in total. The van der Waals surface area contributed by atoms with Crippen LogP contribution in [0, 0.1) is 0 Å². The van der Waals surface area contributed by atoms with E-state index >= 15 is 0 Å². The van der Waals surface area contributed by atoms with Gasteiger partial charge in [-0.15, -0.1) is 0 Å². The number of halogens is 2. The highest BCUT2D eigenvalue weighted by molar-refractivity contribution is 9.14. The van der Waals surface area contributed by atoms with Crippen molar-refractivity contribution in [2.45, 2.75) is 51.9 Å². The summed E-state index contributed by atoms with van der Waals surface area (Å²) in [5, 5.41) is 0. The lowest BCUT2D eigenvalue weighted by molar-refractivity contribution is 0.610. The summed E-state index contributed by atoms with van der Waals surface area (Å²) in [5.74, 6) is 0. The fraction of sp³-hybridized carbons (Fsp3) is 0.800. The van der Waals surface area contributed by atoms with Gasteiger partial charge in [0, 0.05) is 4.48 Å². The number of hydrogen-bond donors (Lipinski definition) is 0. The van der Waals surface area contributed by atoms with Crippen molar-refractivity contribution in [3.05, 3.63) is 9.47 Å². The van der Waals surface area contributed by atoms with Crippen LogP contribution in [0.25, 0.3) is 0 Å². The highest BCUT2D eigenvalue weighted by atomic mass is 79.9. The van der Waals surface area contributed by atoms with Gasteiger partial charge in [-0.05, 0) is 17.8 Å². The Morgan fingerprint density at radius 2 is 1.67 bits per heavy atom. The van der Waals surface area contributed by atoms with Crippen LogP contribution in [-0.2, 0) is 0 Å². The van der Waals surface area contributed by atoms with Crippen LogP contribution in [0.1, 0.15) is 51.9 Å². The number of unbranched alkanes of at least 4 members (excludes halogenated alkanes) is 5. The second kappa shape index (κ2) is 9.79. The lowest BCUT2D eigenvalue weighted by Gasteiger charge is -1.99. The largest absolute Gasteiger partial charge is 0.0654 e. The molecule has 0 radical (unpaired) electrons. The third-order valence-electron chi connectivity index (χ3n) is 1.89. The third-order valence-corrected chi connectivity index (χ3v) is 3.68. The van der Waals surface area contributed by atoms with Crippen LogP contribution in [0.2, 0.25) is 0 Å². The molecule has 0 aliphatic rings. The van der Waals surface area contributed by atoms with E-state index in [-0.39, 0.29) is 0 Å². The molecule has 0 aliphatic carbocycles. The number of rotatable bonds is 7. The van der Waals surface area contributed by atoms with E-state index in [0.717, 1.165) is 0 Å². The van der Waals surface area contributed by atoms with Crippen molar-refractivity contribution in [2.75, 3.05) is 0 Å². The molecular formula is C10H18Br2. The standard InChI is InChI=1S/C10H18Br2/c1-2-3-4-5-6-7-8-10(12)9-11/h9H,2-8H2,1H3/b10-9+. The smallest absolute Gasteiger partial charge is 0.00197 e. The Labute approximate surface area is 93.1 Å². The maximum atomic E-state index is 3.47. The molecule has 0 unspecified atom stereocenters. The Hall–Kier alpha value is 0.700. The quantitative estimate of drug-likeness (QED) is 0.554. The molecule has 0 aliphatic heterocycles. The van der Waals surface area contributed by atoms with Gasteiger partial charge in [0.1, 0.15) is 0 Å². The molecule has 12 heavy (non-hydrogen) atoms. The van der Waals surface area contributed by atoms with Crippen LogP contribution in [0.4, 0.5) is 0 Å². The minimum Gasteiger partial charge on any atom is -0.0654 e. The summed E-state index contributed by atoms with van der Waals surface area (Å²) in [5.41, 5.74) is 0. The second-order valence-corrected chi connectivity index (χ2v) is 4.55. The molecular weight excluding hydrogens is 280 g/mol. The van der Waals surface area contributed by atoms with E-state index in [2.05, 4.69) is 38.8 Å². The zero-order valence-corrected chi connectivity index (χ0v) is 11.0. The van der Waals surface area contributed by atoms with Crippen LogP contribution in [-0.4, -0.2) is 0 Å². The molecule has 0 saturated carbocycles. The summed E-state index contributed by atoms with van der Waals surface area (Å²) >= 11 is 6.77. The maximum Gasteiger partial charge on any atom is 0.00197 e. The van der Waals surface area contributed by atoms with Gasteiger partial charge in [0.25, 0.3) is 0 Å². The summed E-state index contributed by atoms with van der Waals surface area (Å²) < 4.78 is 1.28. The van der Waals surface area contributed by atoms with Crippen molar-refractivity contribution in [2.24, 2.45) is 0 Å². The molecule has 72 valence electrons. The van der Waals surface area contributed by atoms with Gasteiger partial charge in [-0.3, -0.25) is 0 Å². The van der Waals surface area contributed by atoms with Gasteiger partial charge in [0.05, 0.1) is 0 Å². The van der Waals surface area contributed by atoms with Crippen molar-refractivity contribution in [1.29, 1.82) is 0 Å². The van der Waals surface area contributed by atoms with Gasteiger partial charge in [-0.25, -0.2) is 0 Å². The average Bonchev–Trinajstić information content (AvgIpc) is 2.10. The molecule has 0 bridgehead atoms. The summed E-state index contributed by atoms with van der Waals surface area (Å²) in [4.78, 5) is 1.96. The Morgan fingerprint density at radius 1 is 1.08 bits per heavy atom. The van der Waals surface area contributed by atoms with Crippen molar-refractivity contribution in [3.63, 3.8) is 0 Å². The highest BCUT2D eigenvalue weighted by Gasteiger charge is 1.92. The van der Waals surface area contributed by atoms with Crippen LogP contribution < -0.4 is 0 Å². The van der Waals surface area contributed by atoms with Gasteiger partial charge >= 0.3 is 0 Å². The first-order chi connectivity index (χ1) is 5.81. The molecule has 0 aromatic heterocycles. The highest BCUT2D eigenvalue weighted by Crippen LogP contribution is 2.17. The molecule has 0 heterocycles. The van der Waals surface area contributed by atoms with Gasteiger partial charge in [-0.1, -0.05) is 70.9 Å². The zero-order valence-electron chi connectivity index (χ0n) is 7.78. The number of allylic oxidation sites excluding steroid dienone is 1. The van der Waals surface area contributed by atoms with E-state index in [4.69, 9.17) is 0 Å². The number of hydrogen-bond acceptors (Lipinski definition) is 0. The summed E-state index contributed by atoms with van der Waals surface area (Å²) in [6, 6.07) is 0. The maximum absolute atomic E-state index is 3.47. The monoisotopic (exact) mass is 296 g/mol. The SMILES string of the molecule is CCCCCCCC/C(Br)=C\Br. The molecule has 0 nitrogen and oxygen atoms in total. The molecule has 0 spiro atoms. The molecule has 2 heteroatoms. The second-order valence-electron chi connectivity index (χ2n) is 3.07. The predicted molar refractivity (Wildman–Crippen MR) is 63.9 cm³/mol. The van der Waals surface area contributed by atoms with Crippen molar-refractivity contribution >= 4 is 31.9 Å². The first-order valence-corrected chi connectivity index (χ1v) is 6.47. The fourth-order valence-corrected chi connectivity index (χ4v) is 1.64. The first-order valence-electron chi connectivity index (χ1n) is 4.76. The molecule has 0 saturated heterocycles. The fourth-order valence-electron chi connectivity index (χ4n) is 1.13. The topological polar surface area (TPSA) is 0 Å². The minimum absolute atomic E-state index is 1.18. The Kier molecular flexibility index (Phi) is 10.4. The third kappa shape index (κ3) is 8.79. The van der Waals surface area contributed by atoms with Crippen molar-refractivity contribution in [1.82, 2.24) is 0 Å². The predicted octanol–water partition coefficient (Wildman–Crippen LogP) is 5.37. The molecule has 0 atom stereocenters. The van der Waals surface area contributed by atoms with Crippen LogP contribution in [0.15, 0.2) is 9.47 Å². The van der Waals surface area contributed by atoms with E-state index in [0.29, 0.717) is 0 Å². The molecule has 0 amide bonds. The van der Waals surface area contributed by atoms with Gasteiger partial charge in [0.2, 0.25) is 0 Å². The first kappa shape index (κ1) is 12.7. The van der Waals surface area contributed by atoms with Gasteiger partial charge in [-0.2, -0.15) is 0 Å². The minimum atomic E-state index is 1.18. The van der Waals surface area contributed by atoms with Crippen LogP contribution in [0.3, 0.4) is 0 Å². The summed E-state index contributed by atoms with van der Waals surface area (Å²) in [6.45, 7) is 2.25. The average molecular weight is 298 g/mol. The Morgan fingerprint density at radius 3 is 2.25 bits per heavy atom. The normalized spacial score (nSPS) is 12.1. The lowest BCUT2D eigenvalue weighted by atomic mass is 10.1.